The van der Waals surface area contributed by atoms with Crippen LogP contribution in [0.2, 0.25) is 0 Å². The maximum atomic E-state index is 13.7. The van der Waals surface area contributed by atoms with Gasteiger partial charge in [0.05, 0.1) is 29.7 Å². The largest absolute Gasteiger partial charge is 0.493 e. The van der Waals surface area contributed by atoms with Gasteiger partial charge in [-0.15, -0.1) is 11.3 Å². The van der Waals surface area contributed by atoms with E-state index >= 15 is 0 Å². The number of hydrogen-bond acceptors (Lipinski definition) is 6. The molecule has 0 fully saturated rings. The Labute approximate surface area is 203 Å². The molecule has 1 aromatic heterocycles. The van der Waals surface area contributed by atoms with E-state index in [9.17, 15) is 13.2 Å². The normalized spacial score (nSPS) is 13.0. The van der Waals surface area contributed by atoms with E-state index in [0.717, 1.165) is 31.7 Å². The van der Waals surface area contributed by atoms with Crippen LogP contribution >= 0.6 is 20.4 Å². The predicted molar refractivity (Wildman–Crippen MR) is 130 cm³/mol. The number of nitrogens with zero attached hydrogens (tertiary/aromatic N) is 1. The van der Waals surface area contributed by atoms with Gasteiger partial charge in [0.1, 0.15) is 10.8 Å². The van der Waals surface area contributed by atoms with Crippen LogP contribution in [-0.4, -0.2) is 23.1 Å². The van der Waals surface area contributed by atoms with Gasteiger partial charge < -0.3 is 19.9 Å². The molecule has 3 rings (SSSR count). The van der Waals surface area contributed by atoms with Crippen LogP contribution in [0.25, 0.3) is 10.4 Å². The summed E-state index contributed by atoms with van der Waals surface area (Å²) in [5.74, 6) is -0.167. The van der Waals surface area contributed by atoms with Gasteiger partial charge in [0, 0.05) is 6.20 Å². The second kappa shape index (κ2) is 13.2. The minimum absolute atomic E-state index is 0.0781. The van der Waals surface area contributed by atoms with E-state index in [1.54, 1.807) is 6.07 Å². The number of halogens is 3. The van der Waals surface area contributed by atoms with Gasteiger partial charge in [-0.05, 0) is 48.6 Å². The summed E-state index contributed by atoms with van der Waals surface area (Å²) in [5.41, 5.74) is 6.82. The summed E-state index contributed by atoms with van der Waals surface area (Å²) in [4.78, 5) is 13.5. The van der Waals surface area contributed by atoms with Crippen molar-refractivity contribution < 1.29 is 27.3 Å². The predicted octanol–water partition coefficient (Wildman–Crippen LogP) is 6.53. The van der Waals surface area contributed by atoms with Crippen molar-refractivity contribution in [3.8, 4) is 16.2 Å². The van der Waals surface area contributed by atoms with E-state index < -0.39 is 26.8 Å². The third-order valence-corrected chi connectivity index (χ3v) is 6.67. The molecule has 0 saturated heterocycles. The first kappa shape index (κ1) is 26.6. The molecule has 34 heavy (non-hydrogen) atoms. The molecule has 0 bridgehead atoms. The van der Waals surface area contributed by atoms with Gasteiger partial charge in [-0.2, -0.15) is 13.2 Å². The number of nitrogens with two attached hydrogens (primary N) is 1. The van der Waals surface area contributed by atoms with Gasteiger partial charge in [0.15, 0.2) is 9.03 Å². The fourth-order valence-corrected chi connectivity index (χ4v) is 4.59. The molecule has 2 unspecified atom stereocenters. The van der Waals surface area contributed by atoms with Crippen molar-refractivity contribution in [2.45, 2.75) is 44.3 Å². The van der Waals surface area contributed by atoms with Crippen molar-refractivity contribution in [2.24, 2.45) is 5.73 Å². The molecule has 0 aliphatic carbocycles. The molecule has 5 nitrogen and oxygen atoms in total. The van der Waals surface area contributed by atoms with Gasteiger partial charge in [0.2, 0.25) is 0 Å². The number of unbranched alkanes of at least 4 members (excludes halogenated alkanes) is 3. The van der Waals surface area contributed by atoms with Crippen LogP contribution in [0.1, 0.15) is 47.9 Å². The molecule has 0 aliphatic heterocycles. The summed E-state index contributed by atoms with van der Waals surface area (Å²) < 4.78 is 51.5. The first-order valence-corrected chi connectivity index (χ1v) is 12.7. The Kier molecular flexibility index (Phi) is 10.3. The molecule has 0 radical (unpaired) electrons. The fourth-order valence-electron chi connectivity index (χ4n) is 3.43. The number of ether oxygens (including phenoxy) is 1. The average molecular weight is 513 g/mol. The number of thiazole rings is 1. The lowest BCUT2D eigenvalue weighted by molar-refractivity contribution is -0.138. The lowest BCUT2D eigenvalue weighted by atomic mass is 10.1. The molecule has 0 aliphatic rings. The van der Waals surface area contributed by atoms with Crippen LogP contribution in [0.4, 0.5) is 13.2 Å². The third-order valence-electron chi connectivity index (χ3n) is 5.20. The summed E-state index contributed by atoms with van der Waals surface area (Å²) in [5, 5.41) is 0.523. The zero-order chi connectivity index (χ0) is 24.4. The lowest BCUT2D eigenvalue weighted by Crippen LogP contribution is -2.14. The van der Waals surface area contributed by atoms with Gasteiger partial charge in [-0.25, -0.2) is 4.98 Å². The van der Waals surface area contributed by atoms with E-state index in [-0.39, 0.29) is 19.0 Å². The van der Waals surface area contributed by atoms with Crippen molar-refractivity contribution in [2.75, 3.05) is 13.2 Å². The van der Waals surface area contributed by atoms with Crippen molar-refractivity contribution in [3.05, 3.63) is 70.9 Å². The van der Waals surface area contributed by atoms with Crippen LogP contribution in [0.5, 0.6) is 5.75 Å². The van der Waals surface area contributed by atoms with Crippen molar-refractivity contribution in [1.29, 1.82) is 0 Å². The number of alkyl halides is 3. The van der Waals surface area contributed by atoms with Crippen molar-refractivity contribution >= 4 is 20.4 Å². The summed E-state index contributed by atoms with van der Waals surface area (Å²) in [7, 11) is -0.684. The molecule has 3 N–H and O–H groups in total. The maximum absolute atomic E-state index is 13.7. The number of aromatic nitrogens is 1. The lowest BCUT2D eigenvalue weighted by Gasteiger charge is -2.15. The van der Waals surface area contributed by atoms with Crippen LogP contribution < -0.4 is 10.5 Å². The Morgan fingerprint density at radius 3 is 2.56 bits per heavy atom. The molecule has 0 saturated carbocycles. The Bertz CT molecular complexity index is 1020. The second-order valence-electron chi connectivity index (χ2n) is 7.78. The van der Waals surface area contributed by atoms with Gasteiger partial charge in [0.25, 0.3) is 0 Å². The molecule has 2 atom stereocenters. The summed E-state index contributed by atoms with van der Waals surface area (Å²) in [6.07, 6.45) is 1.59. The van der Waals surface area contributed by atoms with Gasteiger partial charge in [-0.3, -0.25) is 0 Å². The summed E-state index contributed by atoms with van der Waals surface area (Å²) in [6, 6.07) is 13.7. The first-order chi connectivity index (χ1) is 16.4. The summed E-state index contributed by atoms with van der Waals surface area (Å²) in [6.45, 7) is 0.313. The van der Waals surface area contributed by atoms with Gasteiger partial charge >= 0.3 is 6.18 Å². The monoisotopic (exact) mass is 512 g/mol. The standard InChI is InChI=1S/C24H28F3N2O3PS/c25-24(26,27)19-14-18(22-15-29-23(34-22)20(28)16-32-33-30)11-12-21(19)31-13-7-2-1-4-8-17-9-5-3-6-10-17/h3,5-6,9-12,14-15,20,30,33H,1-2,4,7-8,13,16,28H2. The number of benzene rings is 2. The molecular formula is C24H28F3N2O3PS. The quantitative estimate of drug-likeness (QED) is 0.201. The zero-order valence-corrected chi connectivity index (χ0v) is 20.4. The van der Waals surface area contributed by atoms with Crippen LogP contribution in [0, 0.1) is 0 Å². The van der Waals surface area contributed by atoms with E-state index in [2.05, 4.69) is 17.1 Å². The van der Waals surface area contributed by atoms with Crippen LogP contribution in [0.3, 0.4) is 0 Å². The van der Waals surface area contributed by atoms with Gasteiger partial charge in [-0.1, -0.05) is 43.2 Å². The van der Waals surface area contributed by atoms with Crippen molar-refractivity contribution in [3.63, 3.8) is 0 Å². The molecule has 1 heterocycles. The van der Waals surface area contributed by atoms with Crippen molar-refractivity contribution in [1.82, 2.24) is 4.98 Å². The molecular weight excluding hydrogens is 484 g/mol. The highest BCUT2D eigenvalue weighted by molar-refractivity contribution is 7.24. The van der Waals surface area contributed by atoms with E-state index in [0.29, 0.717) is 21.9 Å². The topological polar surface area (TPSA) is 77.6 Å². The minimum Gasteiger partial charge on any atom is -0.493 e. The Morgan fingerprint density at radius 2 is 1.82 bits per heavy atom. The highest BCUT2D eigenvalue weighted by atomic mass is 32.1. The smallest absolute Gasteiger partial charge is 0.419 e. The maximum Gasteiger partial charge on any atom is 0.419 e. The zero-order valence-electron chi connectivity index (χ0n) is 18.6. The molecule has 3 aromatic rings. The average Bonchev–Trinajstić information content (AvgIpc) is 3.32. The molecule has 10 heteroatoms. The number of rotatable bonds is 13. The molecule has 0 amide bonds. The first-order valence-electron chi connectivity index (χ1n) is 11.0. The molecule has 184 valence electrons. The minimum atomic E-state index is -4.54. The Hall–Kier alpha value is -2.03. The second-order valence-corrected chi connectivity index (χ2v) is 9.31. The van der Waals surface area contributed by atoms with Crippen LogP contribution in [-0.2, 0) is 17.1 Å². The Morgan fingerprint density at radius 1 is 1.06 bits per heavy atom. The van der Waals surface area contributed by atoms with E-state index in [1.807, 2.05) is 18.2 Å². The highest BCUT2D eigenvalue weighted by Gasteiger charge is 2.35. The molecule has 2 aromatic carbocycles. The highest BCUT2D eigenvalue weighted by Crippen LogP contribution is 2.40. The number of hydrogen-bond donors (Lipinski definition) is 2. The molecule has 0 spiro atoms. The third kappa shape index (κ3) is 8.03. The van der Waals surface area contributed by atoms with E-state index in [4.69, 9.17) is 19.9 Å². The SMILES string of the molecule is NC(COPO)c1ncc(-c2ccc(OCCCCCCc3ccccc3)c(C(F)(F)F)c2)s1. The summed E-state index contributed by atoms with van der Waals surface area (Å²) >= 11 is 1.19. The number of aryl methyl sites for hydroxylation is 1. The Balaban J connectivity index is 1.55. The van der Waals surface area contributed by atoms with Crippen LogP contribution in [0.15, 0.2) is 54.7 Å². The van der Waals surface area contributed by atoms with E-state index in [1.165, 1.54) is 29.2 Å². The fraction of sp³-hybridized carbons (Fsp3) is 0.375.